The number of nitrogens with zero attached hydrogens (tertiary/aromatic N) is 2. The molecule has 2 aromatic heterocycles. The number of hydrogen-bond donors (Lipinski definition) is 0. The van der Waals surface area contributed by atoms with Crippen LogP contribution in [0, 0.1) is 0 Å². The molecule has 0 atom stereocenters. The Hall–Kier alpha value is -6.68. The summed E-state index contributed by atoms with van der Waals surface area (Å²) in [5.74, 6) is 3.30. The fourth-order valence-corrected chi connectivity index (χ4v) is 13.5. The molecule has 0 saturated heterocycles. The summed E-state index contributed by atoms with van der Waals surface area (Å²) in [6, 6.07) is 50.0. The first kappa shape index (κ1) is 43.4. The molecule has 0 saturated carbocycles. The smallest absolute Gasteiger partial charge is 0.256 e. The average Bonchev–Trinajstić information content (AvgIpc) is 3.94. The van der Waals surface area contributed by atoms with Crippen molar-refractivity contribution >= 4 is 98.7 Å². The van der Waals surface area contributed by atoms with E-state index in [-0.39, 0.29) is 23.5 Å². The van der Waals surface area contributed by atoms with Gasteiger partial charge in [-0.2, -0.15) is 0 Å². The minimum atomic E-state index is -0.0913. The summed E-state index contributed by atoms with van der Waals surface area (Å²) in [6.07, 6.45) is 0. The van der Waals surface area contributed by atoms with Crippen LogP contribution in [0.15, 0.2) is 133 Å². The van der Waals surface area contributed by atoms with Crippen LogP contribution >= 0.6 is 22.7 Å². The summed E-state index contributed by atoms with van der Waals surface area (Å²) < 4.78 is 28.3. The van der Waals surface area contributed by atoms with Crippen LogP contribution in [0.1, 0.15) is 78.0 Å². The number of ether oxygens (including phenoxy) is 4. The zero-order valence-electron chi connectivity index (χ0n) is 41.0. The van der Waals surface area contributed by atoms with Gasteiger partial charge in [0.15, 0.2) is 23.0 Å². The molecule has 4 aliphatic rings. The Bertz CT molecular complexity index is 3360. The van der Waals surface area contributed by atoms with Gasteiger partial charge in [0, 0.05) is 44.0 Å². The monoisotopic (exact) mass is 954 g/mol. The summed E-state index contributed by atoms with van der Waals surface area (Å²) in [5, 5.41) is 5.07. The van der Waals surface area contributed by atoms with Crippen molar-refractivity contribution in [2.75, 3.05) is 36.2 Å². The Morgan fingerprint density at radius 3 is 1.24 bits per heavy atom. The zero-order chi connectivity index (χ0) is 47.8. The highest BCUT2D eigenvalue weighted by molar-refractivity contribution is 7.29. The lowest BCUT2D eigenvalue weighted by molar-refractivity contribution is 0.172. The first-order chi connectivity index (χ1) is 33.8. The first-order valence-electron chi connectivity index (χ1n) is 24.7. The highest BCUT2D eigenvalue weighted by atomic mass is 32.1. The molecule has 0 bridgehead atoms. The van der Waals surface area contributed by atoms with Gasteiger partial charge in [-0.15, -0.1) is 22.7 Å². The molecule has 0 amide bonds. The molecule has 4 aliphatic heterocycles. The van der Waals surface area contributed by atoms with Gasteiger partial charge in [-0.3, -0.25) is 0 Å². The number of fused-ring (bicyclic) bond motifs is 10. The van der Waals surface area contributed by atoms with Crippen LogP contribution in [0.4, 0.5) is 32.8 Å². The van der Waals surface area contributed by atoms with Gasteiger partial charge < -0.3 is 28.7 Å². The van der Waals surface area contributed by atoms with Crippen LogP contribution in [-0.2, 0) is 10.8 Å². The van der Waals surface area contributed by atoms with Gasteiger partial charge in [-0.1, -0.05) is 140 Å². The van der Waals surface area contributed by atoms with E-state index in [1.165, 1.54) is 74.6 Å². The number of anilines is 6. The Kier molecular flexibility index (Phi) is 9.86. The maximum atomic E-state index is 6.49. The second-order valence-corrected chi connectivity index (χ2v) is 23.6. The molecule has 0 radical (unpaired) electrons. The van der Waals surface area contributed by atoms with E-state index in [2.05, 4.69) is 199 Å². The summed E-state index contributed by atoms with van der Waals surface area (Å²) in [4.78, 5) is 5.19. The maximum absolute atomic E-state index is 6.49. The zero-order valence-corrected chi connectivity index (χ0v) is 42.7. The molecule has 0 fully saturated rings. The molecule has 70 heavy (non-hydrogen) atoms. The van der Waals surface area contributed by atoms with Crippen molar-refractivity contribution < 1.29 is 18.9 Å². The van der Waals surface area contributed by atoms with Crippen LogP contribution in [0.25, 0.3) is 42.4 Å². The van der Waals surface area contributed by atoms with Gasteiger partial charge in [-0.25, -0.2) is 0 Å². The van der Waals surface area contributed by atoms with E-state index in [0.717, 1.165) is 56.6 Å². The molecular weight excluding hydrogens is 900 g/mol. The minimum absolute atomic E-state index is 0.0554. The van der Waals surface area contributed by atoms with Gasteiger partial charge in [0.1, 0.15) is 26.4 Å². The quantitative estimate of drug-likeness (QED) is 0.160. The molecule has 6 heterocycles. The van der Waals surface area contributed by atoms with E-state index in [1.54, 1.807) is 0 Å². The molecule has 6 nitrogen and oxygen atoms in total. The van der Waals surface area contributed by atoms with Crippen molar-refractivity contribution in [3.63, 3.8) is 0 Å². The van der Waals surface area contributed by atoms with Gasteiger partial charge in [-0.05, 0) is 108 Å². The van der Waals surface area contributed by atoms with E-state index < -0.39 is 0 Å². The predicted molar refractivity (Wildman–Crippen MR) is 296 cm³/mol. The Balaban J connectivity index is 1.21. The molecule has 0 spiro atoms. The molecule has 0 unspecified atom stereocenters. The predicted octanol–water partition coefficient (Wildman–Crippen LogP) is 14.8. The van der Waals surface area contributed by atoms with Crippen molar-refractivity contribution in [1.29, 1.82) is 0 Å². The Morgan fingerprint density at radius 2 is 0.857 bits per heavy atom. The average molecular weight is 955 g/mol. The molecule has 9 heteroatoms. The number of benzene rings is 7. The van der Waals surface area contributed by atoms with E-state index in [0.29, 0.717) is 26.4 Å². The molecule has 9 aromatic rings. The molecular formula is C61H55BN2O4S2. The molecule has 7 aromatic carbocycles. The van der Waals surface area contributed by atoms with Gasteiger partial charge in [0.25, 0.3) is 6.71 Å². The number of rotatable bonds is 5. The van der Waals surface area contributed by atoms with Crippen molar-refractivity contribution in [1.82, 2.24) is 0 Å². The molecule has 0 N–H and O–H groups in total. The van der Waals surface area contributed by atoms with Crippen LogP contribution in [-0.4, -0.2) is 33.1 Å². The fourth-order valence-electron chi connectivity index (χ4n) is 11.0. The van der Waals surface area contributed by atoms with Crippen molar-refractivity contribution in [3.05, 3.63) is 150 Å². The fraction of sp³-hybridized carbons (Fsp3) is 0.246. The normalized spacial score (nSPS) is 14.8. The Morgan fingerprint density at radius 1 is 0.457 bits per heavy atom. The lowest BCUT2D eigenvalue weighted by Crippen LogP contribution is -2.60. The minimum Gasteiger partial charge on any atom is -0.486 e. The molecule has 0 aliphatic carbocycles. The molecule has 348 valence electrons. The molecule has 13 rings (SSSR count). The second-order valence-electron chi connectivity index (χ2n) is 21.6. The van der Waals surface area contributed by atoms with E-state index in [4.69, 9.17) is 18.9 Å². The Labute approximate surface area is 419 Å². The maximum Gasteiger partial charge on any atom is 0.256 e. The summed E-state index contributed by atoms with van der Waals surface area (Å²) in [7, 11) is 0. The van der Waals surface area contributed by atoms with E-state index >= 15 is 0 Å². The third kappa shape index (κ3) is 6.79. The topological polar surface area (TPSA) is 43.4 Å². The number of hydrogen-bond acceptors (Lipinski definition) is 8. The van der Waals surface area contributed by atoms with Crippen LogP contribution in [0.2, 0.25) is 0 Å². The van der Waals surface area contributed by atoms with E-state index in [1.807, 2.05) is 22.7 Å². The lowest BCUT2D eigenvalue weighted by Gasteiger charge is -2.43. The summed E-state index contributed by atoms with van der Waals surface area (Å²) >= 11 is 3.81. The van der Waals surface area contributed by atoms with Crippen LogP contribution in [0.5, 0.6) is 23.0 Å². The highest BCUT2D eigenvalue weighted by Gasteiger charge is 2.48. The summed E-state index contributed by atoms with van der Waals surface area (Å²) in [5.41, 5.74) is 16.7. The first-order valence-corrected chi connectivity index (χ1v) is 26.3. The summed E-state index contributed by atoms with van der Waals surface area (Å²) in [6.45, 7) is 20.6. The van der Waals surface area contributed by atoms with Crippen molar-refractivity contribution in [2.45, 2.75) is 72.1 Å². The van der Waals surface area contributed by atoms with Crippen molar-refractivity contribution in [3.8, 4) is 45.3 Å². The second kappa shape index (κ2) is 15.9. The van der Waals surface area contributed by atoms with Crippen LogP contribution in [0.3, 0.4) is 0 Å². The standard InChI is InChI=1S/C61H55BN2O4S2/c1-35(2)38-27-47-57-48(28-38)64(46-34-52-50(66-24-26-68-52)32-42(46)37-17-13-10-14-18-37)59-56(44-30-40(61(6,7)8)20-22-54(44)70-59)62(57)55-43-29-39(60(3,4)5)19-21-53(43)69-58(55)63(47)45-33-51-49(65-23-25-67-51)31-41(45)36-15-11-9-12-16-36/h9-22,27-35H,23-26H2,1-8H3. The van der Waals surface area contributed by atoms with Crippen molar-refractivity contribution in [2.24, 2.45) is 0 Å². The third-order valence-corrected chi connectivity index (χ3v) is 17.0. The third-order valence-electron chi connectivity index (χ3n) is 14.7. The van der Waals surface area contributed by atoms with Gasteiger partial charge >= 0.3 is 0 Å². The highest BCUT2D eigenvalue weighted by Crippen LogP contribution is 2.56. The van der Waals surface area contributed by atoms with Gasteiger partial charge in [0.2, 0.25) is 0 Å². The SMILES string of the molecule is CC(C)c1cc2c3c(c1)N(c1cc4c(cc1-c1ccccc1)OCCO4)c1sc4ccc(C(C)(C)C)cc4c1B3c1c(sc3ccc(C(C)(C)C)cc13)N2c1cc2c(cc1-c1ccccc1)OCCO2. The van der Waals surface area contributed by atoms with Gasteiger partial charge in [0.05, 0.1) is 21.4 Å². The number of thiophene rings is 2. The van der Waals surface area contributed by atoms with E-state index in [9.17, 15) is 0 Å². The lowest BCUT2D eigenvalue weighted by atomic mass is 9.33. The largest absolute Gasteiger partial charge is 0.486 e. The van der Waals surface area contributed by atoms with Crippen LogP contribution < -0.4 is 45.1 Å².